The van der Waals surface area contributed by atoms with E-state index in [1.165, 1.54) is 12.1 Å². The molecule has 1 aromatic carbocycles. The van der Waals surface area contributed by atoms with Gasteiger partial charge in [-0.05, 0) is 37.3 Å². The Kier molecular flexibility index (Phi) is 3.35. The lowest BCUT2D eigenvalue weighted by atomic mass is 9.84. The van der Waals surface area contributed by atoms with Gasteiger partial charge in [0.2, 0.25) is 0 Å². The lowest BCUT2D eigenvalue weighted by Crippen LogP contribution is -2.33. The molecule has 21 heavy (non-hydrogen) atoms. The number of hydrogen-bond acceptors (Lipinski definition) is 2. The summed E-state index contributed by atoms with van der Waals surface area (Å²) in [4.78, 5) is 4.39. The number of halogens is 3. The first-order valence-corrected chi connectivity index (χ1v) is 6.62. The maximum atomic E-state index is 13.4. The zero-order chi connectivity index (χ0) is 15.0. The van der Waals surface area contributed by atoms with Crippen LogP contribution in [0, 0.1) is 12.7 Å². The van der Waals surface area contributed by atoms with E-state index >= 15 is 0 Å². The Morgan fingerprint density at radius 3 is 2.48 bits per heavy atom. The average Bonchev–Trinajstić information content (AvgIpc) is 2.86. The van der Waals surface area contributed by atoms with Gasteiger partial charge in [-0.1, -0.05) is 0 Å². The predicted octanol–water partition coefficient (Wildman–Crippen LogP) is 3.77. The number of alkyl halides is 2. The first-order chi connectivity index (χ1) is 10.1. The van der Waals surface area contributed by atoms with Crippen LogP contribution in [-0.2, 0) is 5.41 Å². The van der Waals surface area contributed by atoms with Crippen LogP contribution in [0.15, 0.2) is 30.3 Å². The monoisotopic (exact) mass is 293 g/mol. The number of aryl methyl sites for hydroxylation is 1. The van der Waals surface area contributed by atoms with Crippen molar-refractivity contribution < 1.29 is 17.9 Å². The zero-order valence-corrected chi connectivity index (χ0v) is 11.5. The molecule has 0 aliphatic carbocycles. The Hall–Kier alpha value is -2.04. The highest BCUT2D eigenvalue weighted by atomic mass is 19.1. The van der Waals surface area contributed by atoms with Crippen molar-refractivity contribution in [2.24, 2.45) is 0 Å². The van der Waals surface area contributed by atoms with E-state index < -0.39 is 18.8 Å². The van der Waals surface area contributed by atoms with Crippen LogP contribution in [-0.4, -0.2) is 24.9 Å². The average molecular weight is 293 g/mol. The molecular formula is C16H14F3NO. The summed E-state index contributed by atoms with van der Waals surface area (Å²) in [6, 6.07) is 7.45. The number of aromatic nitrogens is 1. The molecular weight excluding hydrogens is 279 g/mol. The van der Waals surface area contributed by atoms with Crippen LogP contribution in [0.5, 0.6) is 5.75 Å². The summed E-state index contributed by atoms with van der Waals surface area (Å²) in [5, 5.41) is 0. The summed E-state index contributed by atoms with van der Waals surface area (Å²) in [5.74, 6) is 0.0355. The van der Waals surface area contributed by atoms with Gasteiger partial charge in [0, 0.05) is 16.8 Å². The predicted molar refractivity (Wildman–Crippen MR) is 73.5 cm³/mol. The Bertz CT molecular complexity index is 666. The molecule has 110 valence electrons. The van der Waals surface area contributed by atoms with Gasteiger partial charge in [-0.25, -0.2) is 18.2 Å². The van der Waals surface area contributed by atoms with Gasteiger partial charge < -0.3 is 4.74 Å². The highest BCUT2D eigenvalue weighted by Gasteiger charge is 2.43. The molecule has 5 heteroatoms. The van der Waals surface area contributed by atoms with Gasteiger partial charge in [-0.3, -0.25) is 0 Å². The van der Waals surface area contributed by atoms with Gasteiger partial charge in [0.25, 0.3) is 0 Å². The fourth-order valence-electron chi connectivity index (χ4n) is 2.55. The molecule has 0 N–H and O–H groups in total. The summed E-state index contributed by atoms with van der Waals surface area (Å²) >= 11 is 0. The summed E-state index contributed by atoms with van der Waals surface area (Å²) in [6.45, 7) is 0.0487. The van der Waals surface area contributed by atoms with Crippen LogP contribution in [0.2, 0.25) is 0 Å². The van der Waals surface area contributed by atoms with Gasteiger partial charge in [0.05, 0.1) is 5.41 Å². The molecule has 1 aliphatic heterocycles. The highest BCUT2D eigenvalue weighted by Crippen LogP contribution is 2.44. The number of nitrogens with zero attached hydrogens (tertiary/aromatic N) is 1. The number of benzene rings is 1. The van der Waals surface area contributed by atoms with E-state index in [0.29, 0.717) is 28.3 Å². The second kappa shape index (κ2) is 5.06. The fourth-order valence-corrected chi connectivity index (χ4v) is 2.55. The van der Waals surface area contributed by atoms with Crippen molar-refractivity contribution in [3.8, 4) is 17.0 Å². The number of hydrogen-bond donors (Lipinski definition) is 0. The minimum absolute atomic E-state index is 0.0470. The van der Waals surface area contributed by atoms with Crippen molar-refractivity contribution in [1.29, 1.82) is 0 Å². The molecule has 2 aromatic rings. The molecule has 0 amide bonds. The van der Waals surface area contributed by atoms with E-state index in [0.717, 1.165) is 0 Å². The van der Waals surface area contributed by atoms with Crippen LogP contribution in [0.4, 0.5) is 13.2 Å². The topological polar surface area (TPSA) is 22.1 Å². The first kappa shape index (κ1) is 13.9. The van der Waals surface area contributed by atoms with Crippen molar-refractivity contribution in [3.05, 3.63) is 47.4 Å². The molecule has 0 unspecified atom stereocenters. The van der Waals surface area contributed by atoms with Crippen molar-refractivity contribution in [3.63, 3.8) is 0 Å². The molecule has 0 fully saturated rings. The largest absolute Gasteiger partial charge is 0.490 e. The molecule has 0 saturated heterocycles. The molecule has 0 spiro atoms. The van der Waals surface area contributed by atoms with Gasteiger partial charge in [-0.15, -0.1) is 0 Å². The van der Waals surface area contributed by atoms with E-state index in [4.69, 9.17) is 4.74 Å². The summed E-state index contributed by atoms with van der Waals surface area (Å²) in [5.41, 5.74) is 1.04. The quantitative estimate of drug-likeness (QED) is 0.859. The maximum absolute atomic E-state index is 13.4. The van der Waals surface area contributed by atoms with Gasteiger partial charge in [-0.2, -0.15) is 0 Å². The third kappa shape index (κ3) is 2.17. The van der Waals surface area contributed by atoms with Gasteiger partial charge in [0.1, 0.15) is 37.2 Å². The van der Waals surface area contributed by atoms with E-state index in [1.54, 1.807) is 25.1 Å². The fraction of sp³-hybridized carbons (Fsp3) is 0.312. The number of rotatable bonds is 3. The summed E-state index contributed by atoms with van der Waals surface area (Å²) < 4.78 is 45.3. The minimum Gasteiger partial charge on any atom is -0.490 e. The standard InChI is InChI=1S/C16H14F3NO/c1-10-6-13-15(21-9-16(13,7-17)8-18)14(20-10)11-2-4-12(19)5-3-11/h2-6H,7-9H2,1H3. The van der Waals surface area contributed by atoms with Crippen LogP contribution in [0.25, 0.3) is 11.3 Å². The molecule has 3 rings (SSSR count). The van der Waals surface area contributed by atoms with E-state index in [9.17, 15) is 13.2 Å². The van der Waals surface area contributed by atoms with Crippen molar-refractivity contribution in [1.82, 2.24) is 4.98 Å². The SMILES string of the molecule is Cc1cc2c(c(-c3ccc(F)cc3)n1)OCC2(CF)CF. The third-order valence-electron chi connectivity index (χ3n) is 3.79. The molecule has 0 radical (unpaired) electrons. The van der Waals surface area contributed by atoms with Gasteiger partial charge >= 0.3 is 0 Å². The Balaban J connectivity index is 2.19. The van der Waals surface area contributed by atoms with Gasteiger partial charge in [0.15, 0.2) is 0 Å². The molecule has 0 bridgehead atoms. The molecule has 1 aliphatic rings. The summed E-state index contributed by atoms with van der Waals surface area (Å²) in [6.07, 6.45) is 0. The van der Waals surface area contributed by atoms with E-state index in [1.807, 2.05) is 0 Å². The van der Waals surface area contributed by atoms with E-state index in [2.05, 4.69) is 4.98 Å². The zero-order valence-electron chi connectivity index (χ0n) is 11.5. The normalized spacial score (nSPS) is 15.6. The first-order valence-electron chi connectivity index (χ1n) is 6.62. The molecule has 0 atom stereocenters. The number of fused-ring (bicyclic) bond motifs is 1. The molecule has 2 nitrogen and oxygen atoms in total. The summed E-state index contributed by atoms with van der Waals surface area (Å²) in [7, 11) is 0. The molecule has 0 saturated carbocycles. The van der Waals surface area contributed by atoms with Crippen LogP contribution < -0.4 is 4.74 Å². The van der Waals surface area contributed by atoms with Crippen LogP contribution in [0.3, 0.4) is 0 Å². The lowest BCUT2D eigenvalue weighted by molar-refractivity contribution is 0.185. The highest BCUT2D eigenvalue weighted by molar-refractivity contribution is 5.70. The number of pyridine rings is 1. The second-order valence-electron chi connectivity index (χ2n) is 5.33. The van der Waals surface area contributed by atoms with Crippen molar-refractivity contribution in [2.45, 2.75) is 12.3 Å². The van der Waals surface area contributed by atoms with Crippen molar-refractivity contribution >= 4 is 0 Å². The Morgan fingerprint density at radius 1 is 1.19 bits per heavy atom. The third-order valence-corrected chi connectivity index (χ3v) is 3.79. The van der Waals surface area contributed by atoms with Crippen LogP contribution in [0.1, 0.15) is 11.3 Å². The van der Waals surface area contributed by atoms with Crippen LogP contribution >= 0.6 is 0 Å². The van der Waals surface area contributed by atoms with E-state index in [-0.39, 0.29) is 12.4 Å². The van der Waals surface area contributed by atoms with Crippen molar-refractivity contribution in [2.75, 3.05) is 20.0 Å². The smallest absolute Gasteiger partial charge is 0.149 e. The number of ether oxygens (including phenoxy) is 1. The lowest BCUT2D eigenvalue weighted by Gasteiger charge is -2.20. The Morgan fingerprint density at radius 2 is 1.86 bits per heavy atom. The molecule has 2 heterocycles. The maximum Gasteiger partial charge on any atom is 0.149 e. The Labute approximate surface area is 120 Å². The second-order valence-corrected chi connectivity index (χ2v) is 5.33. The minimum atomic E-state index is -1.25. The molecule has 1 aromatic heterocycles.